The van der Waals surface area contributed by atoms with E-state index in [-0.39, 0.29) is 75.0 Å². The number of carbonyl (C=O) groups is 2. The number of halogens is 10. The van der Waals surface area contributed by atoms with E-state index in [0.29, 0.717) is 11.2 Å². The molecular formula is C31H26Cl3F7N6O3. The summed E-state index contributed by atoms with van der Waals surface area (Å²) in [6.07, 6.45) is -13.2. The van der Waals surface area contributed by atoms with Gasteiger partial charge in [0.25, 0.3) is 11.8 Å². The molecule has 0 spiro atoms. The lowest BCUT2D eigenvalue weighted by Crippen LogP contribution is -2.43. The highest BCUT2D eigenvalue weighted by Crippen LogP contribution is 2.39. The summed E-state index contributed by atoms with van der Waals surface area (Å²) in [5, 5.41) is 16.5. The van der Waals surface area contributed by atoms with Crippen LogP contribution in [-0.2, 0) is 18.4 Å². The molecule has 50 heavy (non-hydrogen) atoms. The predicted octanol–water partition coefficient (Wildman–Crippen LogP) is 7.99. The van der Waals surface area contributed by atoms with E-state index in [2.05, 4.69) is 15.6 Å². The van der Waals surface area contributed by atoms with Crippen molar-refractivity contribution >= 4 is 80.7 Å². The van der Waals surface area contributed by atoms with Gasteiger partial charge in [0, 0.05) is 32.4 Å². The van der Waals surface area contributed by atoms with Crippen molar-refractivity contribution in [2.45, 2.75) is 37.8 Å². The van der Waals surface area contributed by atoms with Gasteiger partial charge in [0.1, 0.15) is 5.82 Å². The van der Waals surface area contributed by atoms with E-state index in [1.165, 1.54) is 30.3 Å². The monoisotopic (exact) mass is 768 g/mol. The van der Waals surface area contributed by atoms with Crippen molar-refractivity contribution in [3.8, 4) is 0 Å². The summed E-state index contributed by atoms with van der Waals surface area (Å²) in [6, 6.07) is 9.32. The zero-order chi connectivity index (χ0) is 36.7. The summed E-state index contributed by atoms with van der Waals surface area (Å²) in [4.78, 5) is 31.6. The van der Waals surface area contributed by atoms with Gasteiger partial charge in [-0.25, -0.2) is 9.37 Å². The number of fused-ring (bicyclic) bond motifs is 1. The molecule has 3 aromatic carbocycles. The minimum atomic E-state index is -5.17. The predicted molar refractivity (Wildman–Crippen MR) is 175 cm³/mol. The lowest BCUT2D eigenvalue weighted by atomic mass is 9.95. The van der Waals surface area contributed by atoms with Crippen molar-refractivity contribution in [3.05, 3.63) is 74.5 Å². The van der Waals surface area contributed by atoms with Crippen LogP contribution in [0.4, 0.5) is 53.7 Å². The minimum absolute atomic E-state index is 0.00412. The molecule has 9 nitrogen and oxygen atoms in total. The number of aliphatic hydroxyl groups excluding tert-OH is 1. The van der Waals surface area contributed by atoms with Crippen molar-refractivity contribution in [3.63, 3.8) is 0 Å². The molecule has 0 radical (unpaired) electrons. The molecule has 0 saturated carbocycles. The Morgan fingerprint density at radius 2 is 1.68 bits per heavy atom. The number of anilines is 4. The maximum atomic E-state index is 13.7. The molecule has 19 heteroatoms. The standard InChI is InChI=1S/C31H26Cl3F7N6O3/c1-46-23-12-22(47-8-6-15(7-9-47)30(36,37)38)17(27(49)43-16-3-5-20(35)19(33)10-16)11-21(23)44-29(46)45-25-18(32)4-2-14(24(25)34)13-42-28(50)26(48)31(39,40)41/h2-5,10-12,15,26,48H,6-9,13H2,1H3,(H,42,50)(H,43,49)(H,44,45). The first-order chi connectivity index (χ1) is 23.3. The van der Waals surface area contributed by atoms with Gasteiger partial charge in [0.2, 0.25) is 12.1 Å². The maximum absolute atomic E-state index is 13.7. The Labute approximate surface area is 294 Å². The van der Waals surface area contributed by atoms with Crippen LogP contribution in [0.15, 0.2) is 42.5 Å². The smallest absolute Gasteiger partial charge is 0.376 e. The third-order valence-corrected chi connectivity index (χ3v) is 9.17. The Balaban J connectivity index is 1.48. The number of hydrogen-bond donors (Lipinski definition) is 4. The quantitative estimate of drug-likeness (QED) is 0.135. The molecule has 1 aromatic heterocycles. The van der Waals surface area contributed by atoms with Crippen LogP contribution in [-0.4, -0.2) is 58.0 Å². The number of amides is 2. The summed E-state index contributed by atoms with van der Waals surface area (Å²) in [5.74, 6) is -4.43. The summed E-state index contributed by atoms with van der Waals surface area (Å²) in [7, 11) is 1.60. The number of alkyl halides is 6. The van der Waals surface area contributed by atoms with E-state index in [1.54, 1.807) is 22.6 Å². The van der Waals surface area contributed by atoms with E-state index in [9.17, 15) is 45.4 Å². The first-order valence-electron chi connectivity index (χ1n) is 14.7. The van der Waals surface area contributed by atoms with Crippen LogP contribution in [0, 0.1) is 11.7 Å². The SMILES string of the molecule is Cn1c(Nc2c(Cl)ccc(CNC(=O)C(O)C(F)(F)F)c2Cl)nc2cc(C(=O)Nc3ccc(F)c(Cl)c3)c(N3CCC(C(F)(F)F)CC3)cc21. The van der Waals surface area contributed by atoms with Crippen LogP contribution in [0.3, 0.4) is 0 Å². The summed E-state index contributed by atoms with van der Waals surface area (Å²) < 4.78 is 93.7. The lowest BCUT2D eigenvalue weighted by molar-refractivity contribution is -0.205. The average molecular weight is 770 g/mol. The fourth-order valence-corrected chi connectivity index (χ4v) is 6.10. The van der Waals surface area contributed by atoms with E-state index < -0.39 is 48.6 Å². The van der Waals surface area contributed by atoms with Gasteiger partial charge in [-0.05, 0) is 54.8 Å². The van der Waals surface area contributed by atoms with Gasteiger partial charge < -0.3 is 30.5 Å². The van der Waals surface area contributed by atoms with Gasteiger partial charge >= 0.3 is 12.4 Å². The zero-order valence-corrected chi connectivity index (χ0v) is 27.9. The van der Waals surface area contributed by atoms with Gasteiger partial charge in [0.05, 0.1) is 49.0 Å². The lowest BCUT2D eigenvalue weighted by Gasteiger charge is -2.35. The topological polar surface area (TPSA) is 112 Å². The number of aliphatic hydroxyl groups is 1. The van der Waals surface area contributed by atoms with Crippen LogP contribution in [0.2, 0.25) is 15.1 Å². The fraction of sp³-hybridized carbons (Fsp3) is 0.323. The fourth-order valence-electron chi connectivity index (χ4n) is 5.39. The molecule has 268 valence electrons. The number of nitrogens with one attached hydrogen (secondary N) is 3. The molecule has 1 atom stereocenters. The highest BCUT2D eigenvalue weighted by atomic mass is 35.5. The summed E-state index contributed by atoms with van der Waals surface area (Å²) >= 11 is 18.8. The Bertz CT molecular complexity index is 1950. The zero-order valence-electron chi connectivity index (χ0n) is 25.6. The summed E-state index contributed by atoms with van der Waals surface area (Å²) in [6.45, 7) is -0.503. The molecule has 0 aliphatic carbocycles. The van der Waals surface area contributed by atoms with E-state index in [0.717, 1.165) is 6.07 Å². The molecule has 4 aromatic rings. The second-order valence-electron chi connectivity index (χ2n) is 11.4. The molecule has 0 bridgehead atoms. The van der Waals surface area contributed by atoms with Crippen LogP contribution in [0.1, 0.15) is 28.8 Å². The molecule has 1 aliphatic rings. The third-order valence-electron chi connectivity index (χ3n) is 8.14. The number of aryl methyl sites for hydroxylation is 1. The van der Waals surface area contributed by atoms with Crippen LogP contribution in [0.5, 0.6) is 0 Å². The molecule has 2 heterocycles. The number of benzene rings is 3. The Kier molecular flexibility index (Phi) is 10.7. The molecule has 1 fully saturated rings. The van der Waals surface area contributed by atoms with Gasteiger partial charge in [-0.15, -0.1) is 0 Å². The Morgan fingerprint density at radius 3 is 2.30 bits per heavy atom. The van der Waals surface area contributed by atoms with E-state index in [1.807, 2.05) is 5.32 Å². The van der Waals surface area contributed by atoms with Crippen molar-refractivity contribution < 1.29 is 45.4 Å². The largest absolute Gasteiger partial charge is 0.423 e. The van der Waals surface area contributed by atoms with Crippen LogP contribution >= 0.6 is 34.8 Å². The van der Waals surface area contributed by atoms with Crippen molar-refractivity contribution in [2.24, 2.45) is 13.0 Å². The number of imidazole rings is 1. The maximum Gasteiger partial charge on any atom is 0.423 e. The normalized spacial score (nSPS) is 14.9. The van der Waals surface area contributed by atoms with Gasteiger partial charge in [0.15, 0.2) is 0 Å². The highest BCUT2D eigenvalue weighted by molar-refractivity contribution is 6.39. The van der Waals surface area contributed by atoms with E-state index in [4.69, 9.17) is 34.8 Å². The van der Waals surface area contributed by atoms with Gasteiger partial charge in [-0.3, -0.25) is 9.59 Å². The number of hydrogen-bond acceptors (Lipinski definition) is 6. The van der Waals surface area contributed by atoms with Crippen molar-refractivity contribution in [1.82, 2.24) is 14.9 Å². The molecule has 4 N–H and O–H groups in total. The van der Waals surface area contributed by atoms with Gasteiger partial charge in [-0.1, -0.05) is 40.9 Å². The first kappa shape index (κ1) is 37.3. The van der Waals surface area contributed by atoms with Gasteiger partial charge in [-0.2, -0.15) is 26.3 Å². The van der Waals surface area contributed by atoms with Crippen molar-refractivity contribution in [2.75, 3.05) is 28.6 Å². The number of nitrogens with zero attached hydrogens (tertiary/aromatic N) is 3. The number of aromatic nitrogens is 2. The average Bonchev–Trinajstić information content (AvgIpc) is 3.36. The molecular weight excluding hydrogens is 744 g/mol. The molecule has 2 amide bonds. The third kappa shape index (κ3) is 7.98. The van der Waals surface area contributed by atoms with Crippen LogP contribution in [0.25, 0.3) is 11.0 Å². The Morgan fingerprint density at radius 1 is 1.00 bits per heavy atom. The molecule has 1 unspecified atom stereocenters. The number of rotatable bonds is 8. The molecule has 5 rings (SSSR count). The minimum Gasteiger partial charge on any atom is -0.376 e. The van der Waals surface area contributed by atoms with Crippen LogP contribution < -0.4 is 20.9 Å². The number of carbonyl (C=O) groups excluding carboxylic acids is 2. The molecule has 1 aliphatic heterocycles. The summed E-state index contributed by atoms with van der Waals surface area (Å²) in [5.41, 5.74) is 1.46. The highest BCUT2D eigenvalue weighted by Gasteiger charge is 2.44. The van der Waals surface area contributed by atoms with E-state index >= 15 is 0 Å². The Hall–Kier alpha value is -3.99. The second kappa shape index (κ2) is 14.3. The molecule has 1 saturated heterocycles. The van der Waals surface area contributed by atoms with Crippen molar-refractivity contribution in [1.29, 1.82) is 0 Å². The number of piperidine rings is 1. The first-order valence-corrected chi connectivity index (χ1v) is 15.8. The second-order valence-corrected chi connectivity index (χ2v) is 12.6.